The summed E-state index contributed by atoms with van der Waals surface area (Å²) in [6.07, 6.45) is 2.31. The minimum atomic E-state index is 0.392. The fourth-order valence-corrected chi connectivity index (χ4v) is 3.17. The third-order valence-electron chi connectivity index (χ3n) is 4.29. The number of aromatic nitrogens is 1. The second-order valence-corrected chi connectivity index (χ2v) is 6.25. The molecule has 130 valence electrons. The molecule has 0 saturated carbocycles. The molecule has 1 aliphatic heterocycles. The van der Waals surface area contributed by atoms with Crippen LogP contribution in [0.3, 0.4) is 0 Å². The molecule has 0 spiro atoms. The van der Waals surface area contributed by atoms with E-state index < -0.39 is 0 Å². The highest BCUT2D eigenvalue weighted by atomic mass is 16.5. The monoisotopic (exact) mass is 331 g/mol. The molecule has 1 N–H and O–H groups in total. The van der Waals surface area contributed by atoms with E-state index in [-0.39, 0.29) is 0 Å². The summed E-state index contributed by atoms with van der Waals surface area (Å²) in [6.45, 7) is 4.82. The summed E-state index contributed by atoms with van der Waals surface area (Å²) in [4.78, 5) is 2.41. The van der Waals surface area contributed by atoms with Crippen molar-refractivity contribution in [3.63, 3.8) is 0 Å². The molecule has 1 aliphatic rings. The van der Waals surface area contributed by atoms with Crippen LogP contribution >= 0.6 is 0 Å². The maximum Gasteiger partial charge on any atom is 0.133 e. The molecule has 1 aromatic carbocycles. The second-order valence-electron chi connectivity index (χ2n) is 6.25. The maximum atomic E-state index is 5.34. The highest BCUT2D eigenvalue weighted by Gasteiger charge is 2.21. The van der Waals surface area contributed by atoms with Gasteiger partial charge in [-0.2, -0.15) is 0 Å². The molecular weight excluding hydrogens is 306 g/mol. The number of anilines is 1. The van der Waals surface area contributed by atoms with E-state index in [9.17, 15) is 0 Å². The molecule has 3 rings (SSSR count). The van der Waals surface area contributed by atoms with Gasteiger partial charge in [0.05, 0.1) is 19.9 Å². The van der Waals surface area contributed by atoms with Crippen LogP contribution in [0.4, 0.5) is 5.69 Å². The van der Waals surface area contributed by atoms with Gasteiger partial charge in [0.25, 0.3) is 0 Å². The van der Waals surface area contributed by atoms with Crippen LogP contribution in [0.15, 0.2) is 28.8 Å². The second kappa shape index (κ2) is 7.57. The topological polar surface area (TPSA) is 59.8 Å². The lowest BCUT2D eigenvalue weighted by Gasteiger charge is -2.33. The van der Waals surface area contributed by atoms with E-state index in [1.807, 2.05) is 31.2 Å². The molecule has 0 aliphatic carbocycles. The molecule has 0 unspecified atom stereocenters. The van der Waals surface area contributed by atoms with Crippen LogP contribution in [0.2, 0.25) is 0 Å². The third kappa shape index (κ3) is 4.20. The van der Waals surface area contributed by atoms with Crippen molar-refractivity contribution in [1.29, 1.82) is 0 Å². The lowest BCUT2D eigenvalue weighted by atomic mass is 10.0. The number of hydrogen-bond acceptors (Lipinski definition) is 6. The van der Waals surface area contributed by atoms with Gasteiger partial charge in [-0.1, -0.05) is 5.16 Å². The number of aryl methyl sites for hydroxylation is 1. The summed E-state index contributed by atoms with van der Waals surface area (Å²) in [7, 11) is 3.33. The highest BCUT2D eigenvalue weighted by molar-refractivity contribution is 5.54. The van der Waals surface area contributed by atoms with Crippen LogP contribution in [0.25, 0.3) is 0 Å². The van der Waals surface area contributed by atoms with Crippen molar-refractivity contribution in [1.82, 2.24) is 10.1 Å². The summed E-state index contributed by atoms with van der Waals surface area (Å²) in [5, 5.41) is 7.70. The summed E-state index contributed by atoms with van der Waals surface area (Å²) in [6, 6.07) is 8.28. The van der Waals surface area contributed by atoms with Gasteiger partial charge in [0.2, 0.25) is 0 Å². The molecule has 2 heterocycles. The molecule has 1 saturated heterocycles. The summed E-state index contributed by atoms with van der Waals surface area (Å²) in [5.41, 5.74) is 2.02. The number of ether oxygens (including phenoxy) is 2. The zero-order valence-electron chi connectivity index (χ0n) is 14.5. The van der Waals surface area contributed by atoms with Crippen molar-refractivity contribution in [3.8, 4) is 11.5 Å². The normalized spacial score (nSPS) is 18.4. The maximum absolute atomic E-state index is 5.34. The first-order valence-electron chi connectivity index (χ1n) is 8.30. The first kappa shape index (κ1) is 16.6. The van der Waals surface area contributed by atoms with Crippen molar-refractivity contribution in [3.05, 3.63) is 35.7 Å². The summed E-state index contributed by atoms with van der Waals surface area (Å²) >= 11 is 0. The van der Waals surface area contributed by atoms with Crippen molar-refractivity contribution >= 4 is 5.69 Å². The van der Waals surface area contributed by atoms with Gasteiger partial charge in [0.15, 0.2) is 0 Å². The molecule has 2 aromatic rings. The number of rotatable bonds is 6. The number of benzene rings is 1. The van der Waals surface area contributed by atoms with Crippen molar-refractivity contribution < 1.29 is 14.0 Å². The minimum Gasteiger partial charge on any atom is -0.497 e. The van der Waals surface area contributed by atoms with E-state index in [0.29, 0.717) is 6.04 Å². The zero-order valence-corrected chi connectivity index (χ0v) is 14.5. The third-order valence-corrected chi connectivity index (χ3v) is 4.29. The molecule has 1 atom stereocenters. The Labute approximate surface area is 142 Å². The quantitative estimate of drug-likeness (QED) is 0.878. The first-order valence-corrected chi connectivity index (χ1v) is 8.30. The lowest BCUT2D eigenvalue weighted by Crippen LogP contribution is -2.41. The largest absolute Gasteiger partial charge is 0.497 e. The van der Waals surface area contributed by atoms with Crippen LogP contribution in [0.1, 0.15) is 24.3 Å². The van der Waals surface area contributed by atoms with E-state index >= 15 is 0 Å². The number of nitrogens with one attached hydrogen (secondary N) is 1. The van der Waals surface area contributed by atoms with Crippen LogP contribution in [-0.4, -0.2) is 43.4 Å². The Morgan fingerprint density at radius 3 is 2.58 bits per heavy atom. The van der Waals surface area contributed by atoms with Crippen molar-refractivity contribution in [2.75, 3.05) is 32.6 Å². The van der Waals surface area contributed by atoms with E-state index in [1.54, 1.807) is 14.2 Å². The summed E-state index contributed by atoms with van der Waals surface area (Å²) < 4.78 is 15.8. The molecule has 0 bridgehead atoms. The van der Waals surface area contributed by atoms with Gasteiger partial charge in [-0.3, -0.25) is 4.90 Å². The van der Waals surface area contributed by atoms with Gasteiger partial charge < -0.3 is 19.3 Å². The van der Waals surface area contributed by atoms with E-state index in [1.165, 1.54) is 0 Å². The fraction of sp³-hybridized carbons (Fsp3) is 0.500. The fourth-order valence-electron chi connectivity index (χ4n) is 3.17. The molecule has 6 heteroatoms. The van der Waals surface area contributed by atoms with Crippen molar-refractivity contribution in [2.45, 2.75) is 32.4 Å². The molecule has 24 heavy (non-hydrogen) atoms. The average molecular weight is 331 g/mol. The van der Waals surface area contributed by atoms with Gasteiger partial charge >= 0.3 is 0 Å². The summed E-state index contributed by atoms with van der Waals surface area (Å²) in [5.74, 6) is 2.45. The Balaban J connectivity index is 1.62. The molecule has 1 aromatic heterocycles. The Hall–Kier alpha value is -2.21. The molecular formula is C18H25N3O3. The number of likely N-dealkylation sites (tertiary alicyclic amines) is 1. The van der Waals surface area contributed by atoms with E-state index in [0.717, 1.165) is 61.1 Å². The van der Waals surface area contributed by atoms with E-state index in [2.05, 4.69) is 15.4 Å². The van der Waals surface area contributed by atoms with Crippen LogP contribution in [0, 0.1) is 6.92 Å². The Bertz CT molecular complexity index is 649. The smallest absolute Gasteiger partial charge is 0.133 e. The molecule has 1 fully saturated rings. The lowest BCUT2D eigenvalue weighted by molar-refractivity contribution is 0.203. The Morgan fingerprint density at radius 1 is 1.21 bits per heavy atom. The van der Waals surface area contributed by atoms with E-state index in [4.69, 9.17) is 14.0 Å². The Kier molecular flexibility index (Phi) is 5.25. The number of hydrogen-bond donors (Lipinski definition) is 1. The zero-order chi connectivity index (χ0) is 16.9. The van der Waals surface area contributed by atoms with Gasteiger partial charge in [-0.25, -0.2) is 0 Å². The van der Waals surface area contributed by atoms with Crippen molar-refractivity contribution in [2.24, 2.45) is 0 Å². The highest BCUT2D eigenvalue weighted by Crippen LogP contribution is 2.27. The number of nitrogens with zero attached hydrogens (tertiary/aromatic N) is 2. The van der Waals surface area contributed by atoms with Crippen LogP contribution in [0.5, 0.6) is 11.5 Å². The van der Waals surface area contributed by atoms with Gasteiger partial charge in [-0.05, 0) is 26.3 Å². The average Bonchev–Trinajstić information content (AvgIpc) is 2.99. The van der Waals surface area contributed by atoms with Gasteiger partial charge in [0.1, 0.15) is 17.3 Å². The predicted octanol–water partition coefficient (Wildman–Crippen LogP) is 3.08. The first-order chi connectivity index (χ1) is 11.7. The van der Waals surface area contributed by atoms with Gasteiger partial charge in [-0.15, -0.1) is 0 Å². The predicted molar refractivity (Wildman–Crippen MR) is 92.7 cm³/mol. The van der Waals surface area contributed by atoms with Gasteiger partial charge in [0, 0.05) is 49.1 Å². The number of methoxy groups -OCH3 is 2. The Morgan fingerprint density at radius 2 is 1.96 bits per heavy atom. The van der Waals surface area contributed by atoms with Crippen LogP contribution < -0.4 is 14.8 Å². The molecule has 0 amide bonds. The number of piperidine rings is 1. The standard InChI is InChI=1S/C18H25N3O3/c1-13-7-16(20-24-13)12-21-6-4-5-14(11-21)19-15-8-17(22-2)10-18(9-15)23-3/h7-10,14,19H,4-6,11-12H2,1-3H3/t14-/m0/s1. The molecule has 0 radical (unpaired) electrons. The minimum absolute atomic E-state index is 0.392. The van der Waals surface area contributed by atoms with Crippen LogP contribution in [-0.2, 0) is 6.54 Å². The molecule has 6 nitrogen and oxygen atoms in total. The SMILES string of the molecule is COc1cc(N[C@H]2CCCN(Cc3cc(C)on3)C2)cc(OC)c1.